The van der Waals surface area contributed by atoms with Gasteiger partial charge in [0.1, 0.15) is 11.5 Å². The van der Waals surface area contributed by atoms with Crippen LogP contribution in [0.15, 0.2) is 30.3 Å². The van der Waals surface area contributed by atoms with Gasteiger partial charge in [-0.05, 0) is 12.8 Å². The molecule has 4 heteroatoms. The van der Waals surface area contributed by atoms with E-state index in [1.165, 1.54) is 19.3 Å². The molecule has 0 atom stereocenters. The highest BCUT2D eigenvalue weighted by atomic mass is 79.9. The van der Waals surface area contributed by atoms with Crippen molar-refractivity contribution in [3.63, 3.8) is 0 Å². The van der Waals surface area contributed by atoms with E-state index in [0.29, 0.717) is 18.2 Å². The maximum Gasteiger partial charge on any atom is 0.145 e. The maximum atomic E-state index is 6.45. The third-order valence-corrected chi connectivity index (χ3v) is 4.53. The van der Waals surface area contributed by atoms with Gasteiger partial charge in [-0.3, -0.25) is 0 Å². The van der Waals surface area contributed by atoms with Crippen molar-refractivity contribution in [1.82, 2.24) is 0 Å². The van der Waals surface area contributed by atoms with Gasteiger partial charge in [-0.25, -0.2) is 0 Å². The van der Waals surface area contributed by atoms with Gasteiger partial charge in [0.25, 0.3) is 0 Å². The lowest BCUT2D eigenvalue weighted by Crippen LogP contribution is -2.01. The molecule has 23 heavy (non-hydrogen) atoms. The van der Waals surface area contributed by atoms with Gasteiger partial charge < -0.3 is 9.47 Å². The van der Waals surface area contributed by atoms with Crippen LogP contribution in [0.1, 0.15) is 39.0 Å². The molecule has 126 valence electrons. The zero-order chi connectivity index (χ0) is 16.5. The van der Waals surface area contributed by atoms with E-state index in [-0.39, 0.29) is 0 Å². The van der Waals surface area contributed by atoms with Gasteiger partial charge in [0.05, 0.1) is 18.2 Å². The largest absolute Gasteiger partial charge is 0.493 e. The zero-order valence-corrected chi connectivity index (χ0v) is 16.0. The Labute approximate surface area is 152 Å². The lowest BCUT2D eigenvalue weighted by Gasteiger charge is -2.15. The average Bonchev–Trinajstić information content (AvgIpc) is 2.57. The highest BCUT2D eigenvalue weighted by molar-refractivity contribution is 9.09. The van der Waals surface area contributed by atoms with E-state index in [1.54, 1.807) is 0 Å². The van der Waals surface area contributed by atoms with E-state index in [0.717, 1.165) is 40.4 Å². The van der Waals surface area contributed by atoms with Gasteiger partial charge in [0, 0.05) is 22.2 Å². The molecular formula is C19H24BrClO2. The molecule has 0 spiro atoms. The second-order valence-electron chi connectivity index (χ2n) is 5.53. The summed E-state index contributed by atoms with van der Waals surface area (Å²) in [6.45, 7) is 3.58. The van der Waals surface area contributed by atoms with E-state index in [2.05, 4.69) is 28.9 Å². The first kappa shape index (κ1) is 18.4. The molecule has 2 aromatic rings. The average molecular weight is 400 g/mol. The molecule has 0 aliphatic carbocycles. The fourth-order valence-corrected chi connectivity index (χ4v) is 2.97. The number of hydrogen-bond acceptors (Lipinski definition) is 2. The molecule has 0 N–H and O–H groups in total. The Balaban J connectivity index is 2.17. The Morgan fingerprint density at radius 3 is 2.43 bits per heavy atom. The van der Waals surface area contributed by atoms with Crippen molar-refractivity contribution in [2.75, 3.05) is 18.5 Å². The second-order valence-corrected chi connectivity index (χ2v) is 6.73. The molecule has 0 radical (unpaired) electrons. The molecule has 2 rings (SSSR count). The third kappa shape index (κ3) is 5.29. The predicted molar refractivity (Wildman–Crippen MR) is 103 cm³/mol. The van der Waals surface area contributed by atoms with E-state index < -0.39 is 0 Å². The predicted octanol–water partition coefficient (Wildman–Crippen LogP) is 6.62. The summed E-state index contributed by atoms with van der Waals surface area (Å²) in [5, 5.41) is 3.62. The van der Waals surface area contributed by atoms with Crippen LogP contribution in [0, 0.1) is 0 Å². The molecule has 0 fully saturated rings. The van der Waals surface area contributed by atoms with Gasteiger partial charge in [0.15, 0.2) is 0 Å². The molecule has 0 heterocycles. The SMILES string of the molecule is CCCCCCOc1c(Cl)cc(OCCCBr)c2ccccc12. The van der Waals surface area contributed by atoms with Gasteiger partial charge in [-0.15, -0.1) is 0 Å². The van der Waals surface area contributed by atoms with Crippen molar-refractivity contribution in [3.05, 3.63) is 35.4 Å². The summed E-state index contributed by atoms with van der Waals surface area (Å²) in [4.78, 5) is 0. The van der Waals surface area contributed by atoms with Crippen LogP contribution in [-0.2, 0) is 0 Å². The molecule has 0 aromatic heterocycles. The normalized spacial score (nSPS) is 10.9. The summed E-state index contributed by atoms with van der Waals surface area (Å²) in [7, 11) is 0. The number of unbranched alkanes of at least 4 members (excludes halogenated alkanes) is 3. The second kappa shape index (κ2) is 10.0. The molecule has 0 saturated carbocycles. The highest BCUT2D eigenvalue weighted by Gasteiger charge is 2.13. The smallest absolute Gasteiger partial charge is 0.145 e. The molecular weight excluding hydrogens is 376 g/mol. The Bertz CT molecular complexity index is 616. The topological polar surface area (TPSA) is 18.5 Å². The van der Waals surface area contributed by atoms with Crippen LogP contribution < -0.4 is 9.47 Å². The van der Waals surface area contributed by atoms with E-state index in [9.17, 15) is 0 Å². The first-order valence-corrected chi connectivity index (χ1v) is 9.80. The molecule has 0 bridgehead atoms. The first-order chi connectivity index (χ1) is 11.3. The van der Waals surface area contributed by atoms with Crippen molar-refractivity contribution in [2.45, 2.75) is 39.0 Å². The fourth-order valence-electron chi connectivity index (χ4n) is 2.49. The number of fused-ring (bicyclic) bond motifs is 1. The minimum absolute atomic E-state index is 0.619. The summed E-state index contributed by atoms with van der Waals surface area (Å²) in [5.41, 5.74) is 0. The highest BCUT2D eigenvalue weighted by Crippen LogP contribution is 2.39. The van der Waals surface area contributed by atoms with Crippen molar-refractivity contribution in [2.24, 2.45) is 0 Å². The third-order valence-electron chi connectivity index (χ3n) is 3.69. The monoisotopic (exact) mass is 398 g/mol. The quantitative estimate of drug-likeness (QED) is 0.330. The molecule has 2 nitrogen and oxygen atoms in total. The molecule has 2 aromatic carbocycles. The molecule has 0 aliphatic heterocycles. The molecule has 0 amide bonds. The number of benzene rings is 2. The summed E-state index contributed by atoms with van der Waals surface area (Å²) >= 11 is 9.87. The van der Waals surface area contributed by atoms with Crippen LogP contribution >= 0.6 is 27.5 Å². The van der Waals surface area contributed by atoms with Crippen LogP contribution in [0.4, 0.5) is 0 Å². The Kier molecular flexibility index (Phi) is 8.04. The van der Waals surface area contributed by atoms with E-state index >= 15 is 0 Å². The van der Waals surface area contributed by atoms with Crippen molar-refractivity contribution in [1.29, 1.82) is 0 Å². The fraction of sp³-hybridized carbons (Fsp3) is 0.474. The summed E-state index contributed by atoms with van der Waals surface area (Å²) in [6.07, 6.45) is 5.69. The standard InChI is InChI=1S/C19H24BrClO2/c1-2-3-4-7-12-23-19-16-10-6-5-9-15(16)18(14-17(19)21)22-13-8-11-20/h5-6,9-10,14H,2-4,7-8,11-13H2,1H3. The van der Waals surface area contributed by atoms with E-state index in [1.807, 2.05) is 24.3 Å². The summed E-state index contributed by atoms with van der Waals surface area (Å²) < 4.78 is 11.9. The number of ether oxygens (including phenoxy) is 2. The number of halogens is 2. The van der Waals surface area contributed by atoms with Gasteiger partial charge in [-0.1, -0.05) is 78.0 Å². The summed E-state index contributed by atoms with van der Waals surface area (Å²) in [6, 6.07) is 9.99. The van der Waals surface area contributed by atoms with Crippen LogP contribution in [0.2, 0.25) is 5.02 Å². The van der Waals surface area contributed by atoms with Crippen LogP contribution in [0.5, 0.6) is 11.5 Å². The van der Waals surface area contributed by atoms with Crippen molar-refractivity contribution in [3.8, 4) is 11.5 Å². The van der Waals surface area contributed by atoms with Crippen LogP contribution in [0.25, 0.3) is 10.8 Å². The lowest BCUT2D eigenvalue weighted by atomic mass is 10.1. The lowest BCUT2D eigenvalue weighted by molar-refractivity contribution is 0.306. The molecule has 0 unspecified atom stereocenters. The van der Waals surface area contributed by atoms with Crippen LogP contribution in [0.3, 0.4) is 0 Å². The first-order valence-electron chi connectivity index (χ1n) is 8.30. The number of rotatable bonds is 10. The summed E-state index contributed by atoms with van der Waals surface area (Å²) in [5.74, 6) is 1.59. The van der Waals surface area contributed by atoms with Gasteiger partial charge >= 0.3 is 0 Å². The Morgan fingerprint density at radius 2 is 1.70 bits per heavy atom. The van der Waals surface area contributed by atoms with Crippen molar-refractivity contribution < 1.29 is 9.47 Å². The van der Waals surface area contributed by atoms with Crippen LogP contribution in [-0.4, -0.2) is 18.5 Å². The van der Waals surface area contributed by atoms with Gasteiger partial charge in [-0.2, -0.15) is 0 Å². The van der Waals surface area contributed by atoms with Gasteiger partial charge in [0.2, 0.25) is 0 Å². The number of alkyl halides is 1. The molecule has 0 saturated heterocycles. The zero-order valence-electron chi connectivity index (χ0n) is 13.6. The molecule has 0 aliphatic rings. The maximum absolute atomic E-state index is 6.45. The van der Waals surface area contributed by atoms with Crippen molar-refractivity contribution >= 4 is 38.3 Å². The minimum atomic E-state index is 0.619. The Hall–Kier alpha value is -0.930. The minimum Gasteiger partial charge on any atom is -0.493 e. The van der Waals surface area contributed by atoms with E-state index in [4.69, 9.17) is 21.1 Å². The Morgan fingerprint density at radius 1 is 0.957 bits per heavy atom. The number of hydrogen-bond donors (Lipinski definition) is 0.